The highest BCUT2D eigenvalue weighted by Gasteiger charge is 2.13. The zero-order valence-electron chi connectivity index (χ0n) is 7.65. The number of carbonyl (C=O) groups is 1. The molecular formula is C9H12N2O2. The van der Waals surface area contributed by atoms with Crippen molar-refractivity contribution in [1.29, 1.82) is 0 Å². The fourth-order valence-electron chi connectivity index (χ4n) is 1.06. The minimum absolute atomic E-state index is 0.219. The topological polar surface area (TPSA) is 65.2 Å². The van der Waals surface area contributed by atoms with Crippen molar-refractivity contribution in [2.75, 3.05) is 7.11 Å². The van der Waals surface area contributed by atoms with Gasteiger partial charge in [-0.15, -0.1) is 0 Å². The van der Waals surface area contributed by atoms with Gasteiger partial charge in [0.15, 0.2) is 0 Å². The number of aromatic nitrogens is 1. The predicted octanol–water partition coefficient (Wildman–Crippen LogP) is 0.888. The molecule has 70 valence electrons. The van der Waals surface area contributed by atoms with Crippen molar-refractivity contribution in [3.05, 3.63) is 29.6 Å². The quantitative estimate of drug-likeness (QED) is 0.751. The highest BCUT2D eigenvalue weighted by molar-refractivity contribution is 5.93. The van der Waals surface area contributed by atoms with Crippen molar-refractivity contribution >= 4 is 5.91 Å². The summed E-state index contributed by atoms with van der Waals surface area (Å²) in [7, 11) is 1.56. The number of ether oxygens (including phenoxy) is 1. The number of rotatable bonds is 3. The molecule has 0 aliphatic heterocycles. The molecule has 0 aromatic carbocycles. The van der Waals surface area contributed by atoms with Crippen LogP contribution >= 0.6 is 0 Å². The number of primary amides is 1. The lowest BCUT2D eigenvalue weighted by atomic mass is 10.1. The summed E-state index contributed by atoms with van der Waals surface area (Å²) in [5.74, 6) is -0.480. The molecular weight excluding hydrogens is 168 g/mol. The molecule has 1 atom stereocenters. The second kappa shape index (κ2) is 4.00. The zero-order valence-corrected chi connectivity index (χ0v) is 7.65. The Morgan fingerprint density at radius 2 is 2.38 bits per heavy atom. The van der Waals surface area contributed by atoms with Gasteiger partial charge in [0, 0.05) is 13.3 Å². The molecule has 0 aliphatic rings. The van der Waals surface area contributed by atoms with E-state index in [-0.39, 0.29) is 6.10 Å². The first kappa shape index (κ1) is 9.67. The summed E-state index contributed by atoms with van der Waals surface area (Å²) < 4.78 is 5.06. The molecule has 1 aromatic rings. The molecule has 1 rings (SSSR count). The number of hydrogen-bond donors (Lipinski definition) is 1. The first-order valence-electron chi connectivity index (χ1n) is 3.94. The summed E-state index contributed by atoms with van der Waals surface area (Å²) in [5.41, 5.74) is 6.17. The second-order valence-corrected chi connectivity index (χ2v) is 2.68. The van der Waals surface area contributed by atoms with Gasteiger partial charge >= 0.3 is 0 Å². The molecule has 1 aromatic heterocycles. The Labute approximate surface area is 76.7 Å². The molecule has 4 nitrogen and oxygen atoms in total. The molecule has 1 amide bonds. The number of methoxy groups -OCH3 is 1. The maximum atomic E-state index is 11.0. The Kier molecular flexibility index (Phi) is 2.97. The van der Waals surface area contributed by atoms with E-state index in [0.29, 0.717) is 11.3 Å². The summed E-state index contributed by atoms with van der Waals surface area (Å²) in [6, 6.07) is 3.31. The average Bonchev–Trinajstić information content (AvgIpc) is 2.16. The second-order valence-electron chi connectivity index (χ2n) is 2.68. The third-order valence-electron chi connectivity index (χ3n) is 1.84. The summed E-state index contributed by atoms with van der Waals surface area (Å²) in [6.45, 7) is 1.81. The van der Waals surface area contributed by atoms with E-state index in [1.807, 2.05) is 6.92 Å². The molecule has 0 saturated heterocycles. The smallest absolute Gasteiger partial charge is 0.250 e. The normalized spacial score (nSPS) is 12.5. The van der Waals surface area contributed by atoms with Crippen LogP contribution in [0.2, 0.25) is 0 Å². The van der Waals surface area contributed by atoms with Gasteiger partial charge in [-0.25, -0.2) is 0 Å². The first-order valence-corrected chi connectivity index (χ1v) is 3.94. The Morgan fingerprint density at radius 3 is 2.92 bits per heavy atom. The number of nitrogens with two attached hydrogens (primary N) is 1. The summed E-state index contributed by atoms with van der Waals surface area (Å²) >= 11 is 0. The van der Waals surface area contributed by atoms with E-state index in [1.54, 1.807) is 25.4 Å². The maximum Gasteiger partial charge on any atom is 0.250 e. The van der Waals surface area contributed by atoms with Crippen LogP contribution < -0.4 is 5.73 Å². The minimum Gasteiger partial charge on any atom is -0.375 e. The van der Waals surface area contributed by atoms with Crippen molar-refractivity contribution in [2.45, 2.75) is 13.0 Å². The van der Waals surface area contributed by atoms with Gasteiger partial charge in [0.1, 0.15) is 0 Å². The average molecular weight is 180 g/mol. The first-order chi connectivity index (χ1) is 6.16. The van der Waals surface area contributed by atoms with E-state index in [0.717, 1.165) is 0 Å². The van der Waals surface area contributed by atoms with Crippen molar-refractivity contribution in [1.82, 2.24) is 4.98 Å². The fourth-order valence-corrected chi connectivity index (χ4v) is 1.06. The van der Waals surface area contributed by atoms with Crippen LogP contribution in [0, 0.1) is 0 Å². The molecule has 0 spiro atoms. The van der Waals surface area contributed by atoms with Gasteiger partial charge in [0.2, 0.25) is 0 Å². The molecule has 0 bridgehead atoms. The number of hydrogen-bond acceptors (Lipinski definition) is 3. The monoisotopic (exact) mass is 180 g/mol. The molecule has 1 heterocycles. The molecule has 2 N–H and O–H groups in total. The van der Waals surface area contributed by atoms with Gasteiger partial charge in [-0.2, -0.15) is 0 Å². The van der Waals surface area contributed by atoms with Crippen LogP contribution in [0.5, 0.6) is 0 Å². The fraction of sp³-hybridized carbons (Fsp3) is 0.333. The molecule has 4 heteroatoms. The van der Waals surface area contributed by atoms with Crippen LogP contribution in [0.15, 0.2) is 18.3 Å². The zero-order chi connectivity index (χ0) is 9.84. The lowest BCUT2D eigenvalue weighted by Crippen LogP contribution is -2.16. The van der Waals surface area contributed by atoms with Crippen LogP contribution in [0.4, 0.5) is 0 Å². The van der Waals surface area contributed by atoms with Gasteiger partial charge in [-0.05, 0) is 19.1 Å². The Hall–Kier alpha value is -1.42. The van der Waals surface area contributed by atoms with E-state index < -0.39 is 5.91 Å². The number of carbonyl (C=O) groups excluding carboxylic acids is 1. The van der Waals surface area contributed by atoms with Crippen LogP contribution in [0.25, 0.3) is 0 Å². The molecule has 0 fully saturated rings. The molecule has 1 unspecified atom stereocenters. The Morgan fingerprint density at radius 1 is 1.69 bits per heavy atom. The molecule has 13 heavy (non-hydrogen) atoms. The largest absolute Gasteiger partial charge is 0.375 e. The third-order valence-corrected chi connectivity index (χ3v) is 1.84. The van der Waals surface area contributed by atoms with Gasteiger partial charge in [0.25, 0.3) is 5.91 Å². The SMILES string of the molecule is COC(C)c1ncccc1C(N)=O. The molecule has 0 radical (unpaired) electrons. The number of nitrogens with zero attached hydrogens (tertiary/aromatic N) is 1. The predicted molar refractivity (Wildman–Crippen MR) is 48.2 cm³/mol. The lowest BCUT2D eigenvalue weighted by molar-refractivity contribution is 0.0970. The van der Waals surface area contributed by atoms with Crippen LogP contribution in [0.3, 0.4) is 0 Å². The highest BCUT2D eigenvalue weighted by atomic mass is 16.5. The van der Waals surface area contributed by atoms with Gasteiger partial charge < -0.3 is 10.5 Å². The standard InChI is InChI=1S/C9H12N2O2/c1-6(13-2)8-7(9(10)12)4-3-5-11-8/h3-6H,1-2H3,(H2,10,12). The minimum atomic E-state index is -0.480. The summed E-state index contributed by atoms with van der Waals surface area (Å²) in [5, 5.41) is 0. The van der Waals surface area contributed by atoms with E-state index in [9.17, 15) is 4.79 Å². The Balaban J connectivity index is 3.11. The molecule has 0 aliphatic carbocycles. The van der Waals surface area contributed by atoms with Gasteiger partial charge in [-0.3, -0.25) is 9.78 Å². The van der Waals surface area contributed by atoms with Crippen molar-refractivity contribution in [3.8, 4) is 0 Å². The van der Waals surface area contributed by atoms with E-state index in [4.69, 9.17) is 10.5 Å². The van der Waals surface area contributed by atoms with Crippen molar-refractivity contribution in [3.63, 3.8) is 0 Å². The van der Waals surface area contributed by atoms with Gasteiger partial charge in [0.05, 0.1) is 17.4 Å². The van der Waals surface area contributed by atoms with Crippen molar-refractivity contribution in [2.24, 2.45) is 5.73 Å². The van der Waals surface area contributed by atoms with Crippen molar-refractivity contribution < 1.29 is 9.53 Å². The molecule has 0 saturated carbocycles. The van der Waals surface area contributed by atoms with E-state index >= 15 is 0 Å². The number of amides is 1. The summed E-state index contributed by atoms with van der Waals surface area (Å²) in [6.07, 6.45) is 1.39. The van der Waals surface area contributed by atoms with E-state index in [2.05, 4.69) is 4.98 Å². The van der Waals surface area contributed by atoms with Crippen LogP contribution in [-0.4, -0.2) is 18.0 Å². The number of pyridine rings is 1. The lowest BCUT2D eigenvalue weighted by Gasteiger charge is -2.11. The Bertz CT molecular complexity index is 312. The summed E-state index contributed by atoms with van der Waals surface area (Å²) in [4.78, 5) is 15.0. The van der Waals surface area contributed by atoms with Gasteiger partial charge in [-0.1, -0.05) is 0 Å². The van der Waals surface area contributed by atoms with Crippen LogP contribution in [0.1, 0.15) is 29.1 Å². The van der Waals surface area contributed by atoms with E-state index in [1.165, 1.54) is 0 Å². The highest BCUT2D eigenvalue weighted by Crippen LogP contribution is 2.16. The van der Waals surface area contributed by atoms with Crippen LogP contribution in [-0.2, 0) is 4.74 Å². The third kappa shape index (κ3) is 2.03. The maximum absolute atomic E-state index is 11.0.